The van der Waals surface area contributed by atoms with E-state index in [0.717, 1.165) is 28.3 Å². The van der Waals surface area contributed by atoms with Crippen LogP contribution in [0, 0.1) is 0 Å². The summed E-state index contributed by atoms with van der Waals surface area (Å²) in [6.45, 7) is 0. The number of fused-ring (bicyclic) bond motifs is 2. The molecule has 2 heterocycles. The zero-order valence-corrected chi connectivity index (χ0v) is 17.2. The summed E-state index contributed by atoms with van der Waals surface area (Å²) < 4.78 is 11.3. The van der Waals surface area contributed by atoms with E-state index in [1.54, 1.807) is 14.2 Å². The van der Waals surface area contributed by atoms with E-state index in [-0.39, 0.29) is 0 Å². The van der Waals surface area contributed by atoms with Gasteiger partial charge in [-0.15, -0.1) is 23.5 Å². The van der Waals surface area contributed by atoms with Crippen molar-refractivity contribution in [3.8, 4) is 22.8 Å². The van der Waals surface area contributed by atoms with Crippen LogP contribution in [0.4, 0.5) is 0 Å². The molecule has 0 atom stereocenters. The van der Waals surface area contributed by atoms with E-state index in [9.17, 15) is 0 Å². The smallest absolute Gasteiger partial charge is 0.161 e. The number of rotatable bonds is 4. The first-order valence-electron chi connectivity index (χ1n) is 9.04. The second kappa shape index (κ2) is 7.15. The molecule has 0 saturated heterocycles. The monoisotopic (exact) mass is 405 g/mol. The first-order valence-corrected chi connectivity index (χ1v) is 10.8. The van der Waals surface area contributed by atoms with Crippen LogP contribution in [0.1, 0.15) is 10.1 Å². The summed E-state index contributed by atoms with van der Waals surface area (Å²) in [5.74, 6) is 1.47. The molecule has 0 aliphatic carbocycles. The van der Waals surface area contributed by atoms with Crippen molar-refractivity contribution < 1.29 is 9.47 Å². The van der Waals surface area contributed by atoms with Gasteiger partial charge < -0.3 is 14.5 Å². The molecule has 0 unspecified atom stereocenters. The molecule has 1 aromatic heterocycles. The van der Waals surface area contributed by atoms with E-state index in [1.807, 2.05) is 35.7 Å². The third kappa shape index (κ3) is 2.86. The van der Waals surface area contributed by atoms with Crippen molar-refractivity contribution in [2.45, 2.75) is 14.4 Å². The minimum absolute atomic E-state index is 0.302. The summed E-state index contributed by atoms with van der Waals surface area (Å²) in [5, 5.41) is 1.27. The predicted octanol–water partition coefficient (Wildman–Crippen LogP) is 6.75. The van der Waals surface area contributed by atoms with Gasteiger partial charge in [-0.25, -0.2) is 0 Å². The van der Waals surface area contributed by atoms with Gasteiger partial charge in [0.2, 0.25) is 0 Å². The average Bonchev–Trinajstić information content (AvgIpc) is 3.34. The maximum atomic E-state index is 5.54. The molecule has 140 valence electrons. The van der Waals surface area contributed by atoms with Crippen LogP contribution in [-0.2, 0) is 0 Å². The Morgan fingerprint density at radius 1 is 0.786 bits per heavy atom. The van der Waals surface area contributed by atoms with Crippen LogP contribution in [-0.4, -0.2) is 19.2 Å². The van der Waals surface area contributed by atoms with E-state index in [1.165, 1.54) is 20.7 Å². The summed E-state index contributed by atoms with van der Waals surface area (Å²) in [7, 11) is 3.34. The summed E-state index contributed by atoms with van der Waals surface area (Å²) in [5.41, 5.74) is 4.72. The SMILES string of the molecule is COc1ccc(-c2[nH]c3ccccc3c2C2Sc3ccccc3S2)cc1OC. The van der Waals surface area contributed by atoms with Gasteiger partial charge in [-0.05, 0) is 36.4 Å². The number of benzene rings is 3. The Morgan fingerprint density at radius 2 is 1.46 bits per heavy atom. The zero-order chi connectivity index (χ0) is 19.1. The average molecular weight is 406 g/mol. The third-order valence-electron chi connectivity index (χ3n) is 4.97. The first-order chi connectivity index (χ1) is 13.8. The molecular weight excluding hydrogens is 386 g/mol. The molecule has 0 fully saturated rings. The van der Waals surface area contributed by atoms with Crippen molar-refractivity contribution in [2.24, 2.45) is 0 Å². The quantitative estimate of drug-likeness (QED) is 0.407. The molecule has 5 rings (SSSR count). The van der Waals surface area contributed by atoms with E-state index < -0.39 is 0 Å². The number of para-hydroxylation sites is 1. The number of aromatic amines is 1. The maximum Gasteiger partial charge on any atom is 0.161 e. The lowest BCUT2D eigenvalue weighted by molar-refractivity contribution is 0.355. The molecular formula is C23H19NO2S2. The fourth-order valence-corrected chi connectivity index (χ4v) is 6.62. The summed E-state index contributed by atoms with van der Waals surface area (Å²) in [6, 6.07) is 23.3. The molecule has 28 heavy (non-hydrogen) atoms. The number of H-pyrrole nitrogens is 1. The normalized spacial score (nSPS) is 13.6. The van der Waals surface area contributed by atoms with Crippen molar-refractivity contribution in [1.82, 2.24) is 4.98 Å². The molecule has 1 N–H and O–H groups in total. The lowest BCUT2D eigenvalue weighted by atomic mass is 10.1. The van der Waals surface area contributed by atoms with Gasteiger partial charge in [0.05, 0.1) is 24.5 Å². The molecule has 3 aromatic carbocycles. The molecule has 1 aliphatic heterocycles. The molecule has 1 aliphatic rings. The van der Waals surface area contributed by atoms with Crippen molar-refractivity contribution >= 4 is 34.4 Å². The lowest BCUT2D eigenvalue weighted by Gasteiger charge is -2.13. The molecule has 0 bridgehead atoms. The number of methoxy groups -OCH3 is 2. The van der Waals surface area contributed by atoms with E-state index in [0.29, 0.717) is 4.58 Å². The summed E-state index contributed by atoms with van der Waals surface area (Å²) in [6.07, 6.45) is 0. The van der Waals surface area contributed by atoms with Crippen molar-refractivity contribution in [2.75, 3.05) is 14.2 Å². The van der Waals surface area contributed by atoms with Crippen LogP contribution in [0.15, 0.2) is 76.5 Å². The molecule has 0 spiro atoms. The highest BCUT2D eigenvalue weighted by Gasteiger charge is 2.29. The van der Waals surface area contributed by atoms with Gasteiger partial charge in [0.1, 0.15) is 0 Å². The topological polar surface area (TPSA) is 34.2 Å². The molecule has 3 nitrogen and oxygen atoms in total. The number of aromatic nitrogens is 1. The number of thioether (sulfide) groups is 2. The molecule has 0 radical (unpaired) electrons. The second-order valence-electron chi connectivity index (χ2n) is 6.54. The predicted molar refractivity (Wildman–Crippen MR) is 118 cm³/mol. The first kappa shape index (κ1) is 17.6. The molecule has 0 amide bonds. The number of hydrogen-bond acceptors (Lipinski definition) is 4. The van der Waals surface area contributed by atoms with Crippen molar-refractivity contribution in [3.05, 3.63) is 72.3 Å². The Morgan fingerprint density at radius 3 is 2.18 bits per heavy atom. The Kier molecular flexibility index (Phi) is 4.49. The van der Waals surface area contributed by atoms with E-state index in [2.05, 4.69) is 59.6 Å². The van der Waals surface area contributed by atoms with Crippen LogP contribution in [0.5, 0.6) is 11.5 Å². The highest BCUT2D eigenvalue weighted by atomic mass is 32.2. The fourth-order valence-electron chi connectivity index (χ4n) is 3.65. The Balaban J connectivity index is 1.67. The minimum atomic E-state index is 0.302. The third-order valence-corrected chi connectivity index (χ3v) is 7.80. The van der Waals surface area contributed by atoms with Crippen LogP contribution >= 0.6 is 23.5 Å². The fraction of sp³-hybridized carbons (Fsp3) is 0.130. The van der Waals surface area contributed by atoms with E-state index >= 15 is 0 Å². The second-order valence-corrected chi connectivity index (χ2v) is 9.14. The van der Waals surface area contributed by atoms with Gasteiger partial charge in [-0.3, -0.25) is 0 Å². The van der Waals surface area contributed by atoms with E-state index in [4.69, 9.17) is 9.47 Å². The number of nitrogens with one attached hydrogen (secondary N) is 1. The van der Waals surface area contributed by atoms with Crippen molar-refractivity contribution in [1.29, 1.82) is 0 Å². The van der Waals surface area contributed by atoms with Crippen molar-refractivity contribution in [3.63, 3.8) is 0 Å². The van der Waals surface area contributed by atoms with Gasteiger partial charge in [0.15, 0.2) is 11.5 Å². The maximum absolute atomic E-state index is 5.54. The van der Waals surface area contributed by atoms with Crippen LogP contribution in [0.3, 0.4) is 0 Å². The minimum Gasteiger partial charge on any atom is -0.493 e. The Bertz CT molecular complexity index is 1140. The standard InChI is InChI=1S/C23H19NO2S2/c1-25-17-12-11-14(13-18(17)26-2)22-21(15-7-3-4-8-16(15)24-22)23-27-19-9-5-6-10-20(19)28-23/h3-13,23-24H,1-2H3. The van der Waals surface area contributed by atoms with Crippen LogP contribution in [0.2, 0.25) is 0 Å². The van der Waals surface area contributed by atoms with Crippen LogP contribution < -0.4 is 9.47 Å². The molecule has 0 saturated carbocycles. The number of ether oxygens (including phenoxy) is 2. The van der Waals surface area contributed by atoms with Gasteiger partial charge in [-0.2, -0.15) is 0 Å². The molecule has 5 heteroatoms. The summed E-state index contributed by atoms with van der Waals surface area (Å²) in [4.78, 5) is 6.35. The largest absolute Gasteiger partial charge is 0.493 e. The Labute approximate surface area is 172 Å². The van der Waals surface area contributed by atoms with Gasteiger partial charge >= 0.3 is 0 Å². The Hall–Kier alpha value is -2.50. The summed E-state index contributed by atoms with van der Waals surface area (Å²) >= 11 is 3.84. The highest BCUT2D eigenvalue weighted by Crippen LogP contribution is 2.59. The van der Waals surface area contributed by atoms with Gasteiger partial charge in [-0.1, -0.05) is 30.3 Å². The lowest BCUT2D eigenvalue weighted by Crippen LogP contribution is -1.93. The van der Waals surface area contributed by atoms with Gasteiger partial charge in [0.25, 0.3) is 0 Å². The molecule has 4 aromatic rings. The number of hydrogen-bond donors (Lipinski definition) is 1. The van der Waals surface area contributed by atoms with Crippen LogP contribution in [0.25, 0.3) is 22.2 Å². The van der Waals surface area contributed by atoms with Gasteiger partial charge in [0, 0.05) is 31.8 Å². The zero-order valence-electron chi connectivity index (χ0n) is 15.6. The highest BCUT2D eigenvalue weighted by molar-refractivity contribution is 8.19.